The molecule has 0 spiro atoms. The first kappa shape index (κ1) is 27.6. The van der Waals surface area contributed by atoms with Crippen LogP contribution in [0.25, 0.3) is 0 Å². The zero-order valence-corrected chi connectivity index (χ0v) is 22.5. The molecule has 2 unspecified atom stereocenters. The number of thiazole rings is 1. The van der Waals surface area contributed by atoms with Crippen LogP contribution in [0.5, 0.6) is 0 Å². The molecule has 2 aromatic heterocycles. The number of alkyl halides is 1. The largest absolute Gasteiger partial charge is 0.477 e. The van der Waals surface area contributed by atoms with Crippen molar-refractivity contribution in [2.24, 2.45) is 17.8 Å². The van der Waals surface area contributed by atoms with E-state index < -0.39 is 47.2 Å². The van der Waals surface area contributed by atoms with E-state index in [0.29, 0.717) is 16.5 Å². The number of aromatic nitrogens is 5. The summed E-state index contributed by atoms with van der Waals surface area (Å²) < 4.78 is 1.44. The van der Waals surface area contributed by atoms with Gasteiger partial charge >= 0.3 is 12.0 Å². The highest BCUT2D eigenvalue weighted by atomic mass is 35.5. The van der Waals surface area contributed by atoms with Crippen LogP contribution in [0, 0.1) is 0 Å². The minimum Gasteiger partial charge on any atom is -0.477 e. The van der Waals surface area contributed by atoms with Gasteiger partial charge in [-0.15, -0.1) is 39.8 Å². The molecular formula is C18H19ClN10O6S3. The summed E-state index contributed by atoms with van der Waals surface area (Å²) in [5.41, 5.74) is 5.74. The van der Waals surface area contributed by atoms with Crippen LogP contribution in [0.1, 0.15) is 11.7 Å². The number of hydrogen-bond donors (Lipinski definition) is 5. The third-order valence-electron chi connectivity index (χ3n) is 5.25. The van der Waals surface area contributed by atoms with Crippen molar-refractivity contribution in [1.29, 1.82) is 0 Å². The van der Waals surface area contributed by atoms with Gasteiger partial charge in [0, 0.05) is 23.9 Å². The van der Waals surface area contributed by atoms with Gasteiger partial charge in [0.05, 0.1) is 5.69 Å². The first-order chi connectivity index (χ1) is 18.1. The molecular weight excluding hydrogens is 584 g/mol. The molecule has 4 rings (SSSR count). The SMILES string of the molecule is Cn1nnnc1SCC1=C(C(=O)O)N2C(=O)[C@H](NC(=O)C(NC(N)=O)c3cs/c(=N/C(=O)CCl)[nH]3)C2SC1. The van der Waals surface area contributed by atoms with E-state index >= 15 is 0 Å². The Morgan fingerprint density at radius 1 is 1.42 bits per heavy atom. The number of amides is 5. The Hall–Kier alpha value is -3.42. The number of halogens is 1. The molecule has 2 aliphatic rings. The summed E-state index contributed by atoms with van der Waals surface area (Å²) in [6.45, 7) is 0. The van der Waals surface area contributed by atoms with Gasteiger partial charge in [0.1, 0.15) is 23.0 Å². The van der Waals surface area contributed by atoms with Crippen molar-refractivity contribution in [1.82, 2.24) is 40.7 Å². The minimum atomic E-state index is -1.34. The second kappa shape index (κ2) is 11.5. The number of rotatable bonds is 9. The number of aryl methyl sites for hydroxylation is 1. The summed E-state index contributed by atoms with van der Waals surface area (Å²) in [6.07, 6.45) is 0. The third kappa shape index (κ3) is 5.69. The number of carbonyl (C=O) groups is 5. The van der Waals surface area contributed by atoms with Gasteiger partial charge in [0.25, 0.3) is 11.8 Å². The zero-order valence-electron chi connectivity index (χ0n) is 19.3. The molecule has 6 N–H and O–H groups in total. The number of carbonyl (C=O) groups excluding carboxylic acids is 4. The predicted octanol–water partition coefficient (Wildman–Crippen LogP) is -1.49. The summed E-state index contributed by atoms with van der Waals surface area (Å²) in [5.74, 6) is -3.08. The van der Waals surface area contributed by atoms with Crippen LogP contribution in [0.4, 0.5) is 4.79 Å². The second-order valence-corrected chi connectivity index (χ2v) is 10.9. The fraction of sp³-hybridized carbons (Fsp3) is 0.389. The van der Waals surface area contributed by atoms with E-state index in [9.17, 15) is 29.1 Å². The molecule has 38 heavy (non-hydrogen) atoms. The average molecular weight is 603 g/mol. The molecule has 20 heteroatoms. The van der Waals surface area contributed by atoms with E-state index in [0.717, 1.165) is 16.2 Å². The molecule has 1 saturated heterocycles. The summed E-state index contributed by atoms with van der Waals surface area (Å²) in [7, 11) is 1.65. The molecule has 0 aliphatic carbocycles. The predicted molar refractivity (Wildman–Crippen MR) is 135 cm³/mol. The van der Waals surface area contributed by atoms with Gasteiger partial charge in [-0.1, -0.05) is 11.8 Å². The van der Waals surface area contributed by atoms with Gasteiger partial charge in [0.2, 0.25) is 11.1 Å². The number of urea groups is 1. The lowest BCUT2D eigenvalue weighted by Crippen LogP contribution is -2.71. The number of nitrogens with one attached hydrogen (secondary N) is 3. The summed E-state index contributed by atoms with van der Waals surface area (Å²) in [6, 6.07) is -3.39. The molecule has 1 fully saturated rings. The summed E-state index contributed by atoms with van der Waals surface area (Å²) in [4.78, 5) is 68.9. The Morgan fingerprint density at radius 3 is 2.82 bits per heavy atom. The van der Waals surface area contributed by atoms with E-state index in [1.54, 1.807) is 7.05 Å². The quantitative estimate of drug-likeness (QED) is 0.126. The standard InChI is InChI=1S/C18H19ClN10O6S3/c1-28-18(25-26-27-28)38-4-6-3-36-14-10(13(32)29(14)11(6)15(33)34)23-12(31)9(24-16(20)35)7-5-37-17(21-7)22-8(30)2-19/h5,9-10,14H,2-4H2,1H3,(H,23,31)(H,33,34)(H3,20,24,35)(H,21,22,30)/t9?,10-,14?/m0/s1. The molecule has 0 saturated carbocycles. The molecule has 0 bridgehead atoms. The van der Waals surface area contributed by atoms with Crippen molar-refractivity contribution >= 4 is 76.2 Å². The molecule has 202 valence electrons. The first-order valence-electron chi connectivity index (χ1n) is 10.5. The number of carboxylic acid groups (broad SMARTS) is 1. The molecule has 3 atom stereocenters. The number of tetrazole rings is 1. The lowest BCUT2D eigenvalue weighted by molar-refractivity contribution is -0.151. The molecule has 4 heterocycles. The van der Waals surface area contributed by atoms with Gasteiger partial charge < -0.3 is 26.5 Å². The number of H-pyrrole nitrogens is 1. The maximum Gasteiger partial charge on any atom is 0.352 e. The zero-order chi connectivity index (χ0) is 27.6. The highest BCUT2D eigenvalue weighted by molar-refractivity contribution is 8.01. The van der Waals surface area contributed by atoms with Crippen molar-refractivity contribution < 1.29 is 29.1 Å². The third-order valence-corrected chi connectivity index (χ3v) is 8.71. The number of carboxylic acids is 1. The molecule has 0 radical (unpaired) electrons. The summed E-state index contributed by atoms with van der Waals surface area (Å²) >= 11 is 8.96. The molecule has 5 amide bonds. The Balaban J connectivity index is 1.50. The average Bonchev–Trinajstić information content (AvgIpc) is 3.51. The number of aliphatic carboxylic acids is 1. The maximum absolute atomic E-state index is 13.1. The monoisotopic (exact) mass is 602 g/mol. The minimum absolute atomic E-state index is 0.141. The number of nitrogens with two attached hydrogens (primary N) is 1. The van der Waals surface area contributed by atoms with Crippen molar-refractivity contribution in [3.8, 4) is 0 Å². The van der Waals surface area contributed by atoms with Crippen LogP contribution in [-0.2, 0) is 26.2 Å². The van der Waals surface area contributed by atoms with Gasteiger partial charge in [-0.3, -0.25) is 19.3 Å². The van der Waals surface area contributed by atoms with Crippen LogP contribution in [0.2, 0.25) is 0 Å². The fourth-order valence-electron chi connectivity index (χ4n) is 3.59. The molecule has 2 aromatic rings. The normalized spacial score (nSPS) is 20.0. The fourth-order valence-corrected chi connectivity index (χ4v) is 6.75. The summed E-state index contributed by atoms with van der Waals surface area (Å²) in [5, 5.41) is 27.1. The van der Waals surface area contributed by atoms with E-state index in [1.165, 1.54) is 33.6 Å². The topological polar surface area (TPSA) is 231 Å². The number of primary amides is 1. The van der Waals surface area contributed by atoms with E-state index in [4.69, 9.17) is 17.3 Å². The molecule has 0 aromatic carbocycles. The van der Waals surface area contributed by atoms with Crippen LogP contribution < -0.4 is 21.2 Å². The van der Waals surface area contributed by atoms with Crippen molar-refractivity contribution in [3.05, 3.63) is 27.1 Å². The number of thioether (sulfide) groups is 2. The highest BCUT2D eigenvalue weighted by Crippen LogP contribution is 2.41. The van der Waals surface area contributed by atoms with Crippen molar-refractivity contribution in [2.75, 3.05) is 17.4 Å². The smallest absolute Gasteiger partial charge is 0.352 e. The molecule has 16 nitrogen and oxygen atoms in total. The van der Waals surface area contributed by atoms with Gasteiger partial charge in [-0.25, -0.2) is 14.3 Å². The molecule has 2 aliphatic heterocycles. The highest BCUT2D eigenvalue weighted by Gasteiger charge is 2.54. The van der Waals surface area contributed by atoms with Crippen LogP contribution in [0.3, 0.4) is 0 Å². The van der Waals surface area contributed by atoms with Crippen molar-refractivity contribution in [3.63, 3.8) is 0 Å². The van der Waals surface area contributed by atoms with E-state index in [-0.39, 0.29) is 27.8 Å². The maximum atomic E-state index is 13.1. The lowest BCUT2D eigenvalue weighted by Gasteiger charge is -2.49. The van der Waals surface area contributed by atoms with Gasteiger partial charge in [-0.2, -0.15) is 4.99 Å². The van der Waals surface area contributed by atoms with Crippen LogP contribution in [-0.4, -0.2) is 93.7 Å². The second-order valence-electron chi connectivity index (χ2n) is 7.73. The Bertz CT molecular complexity index is 1400. The number of nitrogens with zero attached hydrogens (tertiary/aromatic N) is 6. The Morgan fingerprint density at radius 2 is 2.18 bits per heavy atom. The van der Waals surface area contributed by atoms with Gasteiger partial charge in [-0.05, 0) is 16.0 Å². The number of β-lactam (4-membered cyclic amide) rings is 1. The Labute approximate surface area is 230 Å². The first-order valence-corrected chi connectivity index (χ1v) is 14.0. The number of aromatic amines is 1. The van der Waals surface area contributed by atoms with Crippen LogP contribution >= 0.6 is 46.5 Å². The Kier molecular flexibility index (Phi) is 8.38. The van der Waals surface area contributed by atoms with Crippen molar-refractivity contribution in [2.45, 2.75) is 22.6 Å². The van der Waals surface area contributed by atoms with E-state index in [1.807, 2.05) is 0 Å². The number of hydrogen-bond acceptors (Lipinski definition) is 11. The van der Waals surface area contributed by atoms with E-state index in [2.05, 4.69) is 36.1 Å². The lowest BCUT2D eigenvalue weighted by atomic mass is 10.0. The number of fused-ring (bicyclic) bond motifs is 1. The van der Waals surface area contributed by atoms with Gasteiger partial charge in [0.15, 0.2) is 10.8 Å². The van der Waals surface area contributed by atoms with Crippen LogP contribution in [0.15, 0.2) is 26.8 Å².